The molecule has 2 nitrogen and oxygen atoms in total. The van der Waals surface area contributed by atoms with Gasteiger partial charge in [-0.15, -0.1) is 0 Å². The summed E-state index contributed by atoms with van der Waals surface area (Å²) in [5.41, 5.74) is 1.93. The molecule has 1 aromatic carbocycles. The molecule has 0 radical (unpaired) electrons. The molecule has 0 unspecified atom stereocenters. The predicted octanol–water partition coefficient (Wildman–Crippen LogP) is 2.98. The fourth-order valence-corrected chi connectivity index (χ4v) is 1.62. The minimum absolute atomic E-state index is 0.649. The van der Waals surface area contributed by atoms with Crippen molar-refractivity contribution in [1.82, 2.24) is 0 Å². The number of carbonyl (C=O) groups is 1. The third-order valence-corrected chi connectivity index (χ3v) is 2.36. The van der Waals surface area contributed by atoms with E-state index in [1.165, 1.54) is 5.69 Å². The minimum Gasteiger partial charge on any atom is -0.372 e. The van der Waals surface area contributed by atoms with Crippen LogP contribution in [-0.2, 0) is 0 Å². The second kappa shape index (κ2) is 5.54. The Morgan fingerprint density at radius 1 is 1.27 bits per heavy atom. The van der Waals surface area contributed by atoms with Gasteiger partial charge in [0.2, 0.25) is 0 Å². The van der Waals surface area contributed by atoms with E-state index in [0.29, 0.717) is 5.92 Å². The van der Waals surface area contributed by atoms with Crippen molar-refractivity contribution in [3.63, 3.8) is 0 Å². The molecule has 2 heteroatoms. The first kappa shape index (κ1) is 11.8. The molecule has 0 aliphatic carbocycles. The summed E-state index contributed by atoms with van der Waals surface area (Å²) in [6, 6.07) is 7.75. The van der Waals surface area contributed by atoms with E-state index in [1.807, 2.05) is 24.3 Å². The number of nitrogens with zero attached hydrogens (tertiary/aromatic N) is 1. The zero-order valence-electron chi connectivity index (χ0n) is 9.73. The largest absolute Gasteiger partial charge is 0.372 e. The van der Waals surface area contributed by atoms with Crippen LogP contribution in [0.3, 0.4) is 0 Å². The van der Waals surface area contributed by atoms with E-state index in [-0.39, 0.29) is 0 Å². The molecule has 1 rings (SSSR count). The Bertz CT molecular complexity index is 303. The third kappa shape index (κ3) is 3.39. The van der Waals surface area contributed by atoms with Crippen LogP contribution in [0.25, 0.3) is 0 Å². The Morgan fingerprint density at radius 3 is 2.27 bits per heavy atom. The van der Waals surface area contributed by atoms with Crippen LogP contribution in [0.4, 0.5) is 5.69 Å². The van der Waals surface area contributed by atoms with Gasteiger partial charge < -0.3 is 4.90 Å². The van der Waals surface area contributed by atoms with Gasteiger partial charge in [0, 0.05) is 24.3 Å². The summed E-state index contributed by atoms with van der Waals surface area (Å²) in [5, 5.41) is 0. The van der Waals surface area contributed by atoms with E-state index in [9.17, 15) is 4.79 Å². The molecular formula is C13H19NO. The van der Waals surface area contributed by atoms with Gasteiger partial charge in [-0.1, -0.05) is 13.8 Å². The van der Waals surface area contributed by atoms with Gasteiger partial charge in [-0.05, 0) is 37.1 Å². The maximum atomic E-state index is 10.5. The maximum Gasteiger partial charge on any atom is 0.150 e. The Labute approximate surface area is 91.9 Å². The fourth-order valence-electron chi connectivity index (χ4n) is 1.62. The molecule has 0 N–H and O–H groups in total. The van der Waals surface area contributed by atoms with Gasteiger partial charge in [0.25, 0.3) is 0 Å². The Kier molecular flexibility index (Phi) is 4.35. The number of carbonyl (C=O) groups excluding carboxylic acids is 1. The summed E-state index contributed by atoms with van der Waals surface area (Å²) >= 11 is 0. The molecule has 0 aromatic heterocycles. The second-order valence-corrected chi connectivity index (χ2v) is 4.14. The number of rotatable bonds is 5. The van der Waals surface area contributed by atoms with Crippen LogP contribution in [0.5, 0.6) is 0 Å². The monoisotopic (exact) mass is 205 g/mol. The van der Waals surface area contributed by atoms with E-state index in [2.05, 4.69) is 25.7 Å². The number of anilines is 1. The van der Waals surface area contributed by atoms with Crippen molar-refractivity contribution in [1.29, 1.82) is 0 Å². The summed E-state index contributed by atoms with van der Waals surface area (Å²) in [4.78, 5) is 12.8. The summed E-state index contributed by atoms with van der Waals surface area (Å²) in [5.74, 6) is 0.649. The van der Waals surface area contributed by atoms with Crippen LogP contribution in [0, 0.1) is 5.92 Å². The Morgan fingerprint density at radius 2 is 1.87 bits per heavy atom. The zero-order valence-corrected chi connectivity index (χ0v) is 9.73. The summed E-state index contributed by atoms with van der Waals surface area (Å²) in [6.07, 6.45) is 0.877. The van der Waals surface area contributed by atoms with E-state index < -0.39 is 0 Å². The minimum atomic E-state index is 0.649. The smallest absolute Gasteiger partial charge is 0.150 e. The average Bonchev–Trinajstić information content (AvgIpc) is 2.26. The highest BCUT2D eigenvalue weighted by Crippen LogP contribution is 2.15. The van der Waals surface area contributed by atoms with E-state index in [4.69, 9.17) is 0 Å². The molecule has 0 saturated carbocycles. The van der Waals surface area contributed by atoms with E-state index >= 15 is 0 Å². The molecular weight excluding hydrogens is 186 g/mol. The standard InChI is InChI=1S/C13H19NO/c1-4-14(9-11(2)3)13-7-5-12(10-15)6-8-13/h5-8,10-11H,4,9H2,1-3H3. The molecule has 15 heavy (non-hydrogen) atoms. The number of aldehydes is 1. The van der Waals surface area contributed by atoms with Crippen LogP contribution in [0.1, 0.15) is 31.1 Å². The van der Waals surface area contributed by atoms with Crippen molar-refractivity contribution in [2.24, 2.45) is 5.92 Å². The van der Waals surface area contributed by atoms with Gasteiger partial charge in [0.05, 0.1) is 0 Å². The second-order valence-electron chi connectivity index (χ2n) is 4.14. The van der Waals surface area contributed by atoms with Gasteiger partial charge in [-0.2, -0.15) is 0 Å². The molecule has 0 aliphatic rings. The van der Waals surface area contributed by atoms with Crippen molar-refractivity contribution in [2.75, 3.05) is 18.0 Å². The van der Waals surface area contributed by atoms with Crippen LogP contribution in [0.15, 0.2) is 24.3 Å². The van der Waals surface area contributed by atoms with E-state index in [0.717, 1.165) is 24.9 Å². The van der Waals surface area contributed by atoms with Gasteiger partial charge in [0.15, 0.2) is 0 Å². The number of hydrogen-bond acceptors (Lipinski definition) is 2. The highest BCUT2D eigenvalue weighted by molar-refractivity contribution is 5.75. The van der Waals surface area contributed by atoms with Crippen molar-refractivity contribution in [3.05, 3.63) is 29.8 Å². The highest BCUT2D eigenvalue weighted by Gasteiger charge is 2.05. The molecule has 82 valence electrons. The van der Waals surface area contributed by atoms with E-state index in [1.54, 1.807) is 0 Å². The lowest BCUT2D eigenvalue weighted by Gasteiger charge is -2.25. The molecule has 0 spiro atoms. The maximum absolute atomic E-state index is 10.5. The average molecular weight is 205 g/mol. The van der Waals surface area contributed by atoms with Gasteiger partial charge in [-0.25, -0.2) is 0 Å². The topological polar surface area (TPSA) is 20.3 Å². The summed E-state index contributed by atoms with van der Waals surface area (Å²) < 4.78 is 0. The van der Waals surface area contributed by atoms with Gasteiger partial charge >= 0.3 is 0 Å². The summed E-state index contributed by atoms with van der Waals surface area (Å²) in [7, 11) is 0. The number of hydrogen-bond donors (Lipinski definition) is 0. The van der Waals surface area contributed by atoms with Crippen LogP contribution < -0.4 is 4.90 Å². The normalized spacial score (nSPS) is 10.4. The molecule has 0 saturated heterocycles. The lowest BCUT2D eigenvalue weighted by molar-refractivity contribution is 0.112. The molecule has 0 atom stereocenters. The molecule has 0 heterocycles. The van der Waals surface area contributed by atoms with Gasteiger partial charge in [-0.3, -0.25) is 4.79 Å². The summed E-state index contributed by atoms with van der Waals surface area (Å²) in [6.45, 7) is 8.62. The molecule has 0 bridgehead atoms. The predicted molar refractivity (Wildman–Crippen MR) is 64.6 cm³/mol. The van der Waals surface area contributed by atoms with Crippen molar-refractivity contribution >= 4 is 12.0 Å². The zero-order chi connectivity index (χ0) is 11.3. The SMILES string of the molecule is CCN(CC(C)C)c1ccc(C=O)cc1. The number of benzene rings is 1. The van der Waals surface area contributed by atoms with Crippen LogP contribution in [0.2, 0.25) is 0 Å². The lowest BCUT2D eigenvalue weighted by atomic mass is 10.1. The van der Waals surface area contributed by atoms with Crippen molar-refractivity contribution in [3.8, 4) is 0 Å². The molecule has 0 aliphatic heterocycles. The lowest BCUT2D eigenvalue weighted by Crippen LogP contribution is -2.27. The molecule has 0 amide bonds. The first-order chi connectivity index (χ1) is 7.17. The first-order valence-corrected chi connectivity index (χ1v) is 5.47. The third-order valence-electron chi connectivity index (χ3n) is 2.36. The molecule has 1 aromatic rings. The van der Waals surface area contributed by atoms with Crippen LogP contribution in [-0.4, -0.2) is 19.4 Å². The Hall–Kier alpha value is -1.31. The van der Waals surface area contributed by atoms with Crippen LogP contribution >= 0.6 is 0 Å². The highest BCUT2D eigenvalue weighted by atomic mass is 16.1. The van der Waals surface area contributed by atoms with Crippen molar-refractivity contribution < 1.29 is 4.79 Å². The molecule has 0 fully saturated rings. The van der Waals surface area contributed by atoms with Gasteiger partial charge in [0.1, 0.15) is 6.29 Å². The quantitative estimate of drug-likeness (QED) is 0.689. The Balaban J connectivity index is 2.78. The first-order valence-electron chi connectivity index (χ1n) is 5.47. The van der Waals surface area contributed by atoms with Crippen molar-refractivity contribution in [2.45, 2.75) is 20.8 Å². The fraction of sp³-hybridized carbons (Fsp3) is 0.462.